The van der Waals surface area contributed by atoms with Gasteiger partial charge in [-0.25, -0.2) is 8.78 Å². The second-order valence-electron chi connectivity index (χ2n) is 5.93. The molecule has 0 amide bonds. The van der Waals surface area contributed by atoms with Crippen molar-refractivity contribution in [3.8, 4) is 0 Å². The molecule has 0 aromatic heterocycles. The van der Waals surface area contributed by atoms with Crippen molar-refractivity contribution in [1.82, 2.24) is 0 Å². The fourth-order valence-electron chi connectivity index (χ4n) is 1.76. The zero-order valence-electron chi connectivity index (χ0n) is 13.5. The minimum atomic E-state index is -7.86. The first-order valence-corrected chi connectivity index (χ1v) is 11.4. The Hall–Kier alpha value is -0.253. The van der Waals surface area contributed by atoms with Crippen molar-refractivity contribution in [2.45, 2.75) is 67.1 Å². The van der Waals surface area contributed by atoms with Crippen molar-refractivity contribution in [3.05, 3.63) is 0 Å². The summed E-state index contributed by atoms with van der Waals surface area (Å²) in [6, 6.07) is 0. The van der Waals surface area contributed by atoms with Crippen LogP contribution in [0.4, 0.5) is 65.9 Å². The molecule has 29 heavy (non-hydrogen) atoms. The molecule has 0 bridgehead atoms. The van der Waals surface area contributed by atoms with Gasteiger partial charge < -0.3 is 0 Å². The lowest BCUT2D eigenvalue weighted by atomic mass is 9.92. The molecular formula is C11H9Cl2F15Si. The zero-order chi connectivity index (χ0) is 24.1. The van der Waals surface area contributed by atoms with Crippen LogP contribution in [0.15, 0.2) is 0 Å². The molecule has 0 aromatic rings. The molecule has 0 aliphatic heterocycles. The highest BCUT2D eigenvalue weighted by Gasteiger charge is 2.91. The van der Waals surface area contributed by atoms with Gasteiger partial charge in [-0.3, -0.25) is 0 Å². The van der Waals surface area contributed by atoms with E-state index in [0.29, 0.717) is 0 Å². The molecule has 0 aliphatic rings. The molecule has 0 rings (SSSR count). The van der Waals surface area contributed by atoms with E-state index in [1.54, 1.807) is 0 Å². The van der Waals surface area contributed by atoms with E-state index in [9.17, 15) is 65.9 Å². The number of halogens is 17. The Kier molecular flexibility index (Phi) is 7.64. The second kappa shape index (κ2) is 7.71. The van der Waals surface area contributed by atoms with Gasteiger partial charge >= 0.3 is 48.0 Å². The van der Waals surface area contributed by atoms with Gasteiger partial charge in [0.15, 0.2) is 0 Å². The topological polar surface area (TPSA) is 0 Å². The van der Waals surface area contributed by atoms with Gasteiger partial charge in [0.2, 0.25) is 0 Å². The van der Waals surface area contributed by atoms with E-state index in [0.717, 1.165) is 0 Å². The van der Waals surface area contributed by atoms with Crippen LogP contribution in [0.25, 0.3) is 0 Å². The molecule has 0 N–H and O–H groups in total. The van der Waals surface area contributed by atoms with Crippen LogP contribution < -0.4 is 0 Å². The monoisotopic (exact) mass is 524 g/mol. The van der Waals surface area contributed by atoms with E-state index in [1.807, 2.05) is 0 Å². The molecule has 0 atom stereocenters. The van der Waals surface area contributed by atoms with Crippen LogP contribution in [0.1, 0.15) is 19.3 Å². The summed E-state index contributed by atoms with van der Waals surface area (Å²) in [4.78, 5) is 0. The Morgan fingerprint density at radius 1 is 0.552 bits per heavy atom. The first-order chi connectivity index (χ1) is 12.2. The van der Waals surface area contributed by atoms with Gasteiger partial charge in [0.05, 0.1) is 0 Å². The van der Waals surface area contributed by atoms with Crippen molar-refractivity contribution in [1.29, 1.82) is 0 Å². The maximum Gasteiger partial charge on any atom is 0.389 e. The number of hydrogen-bond donors (Lipinski definition) is 0. The number of alkyl halides is 15. The van der Waals surface area contributed by atoms with Crippen molar-refractivity contribution in [2.75, 3.05) is 0 Å². The summed E-state index contributed by atoms with van der Waals surface area (Å²) in [5, 5.41) is 0. The third-order valence-corrected chi connectivity index (χ3v) is 6.38. The molecule has 176 valence electrons. The van der Waals surface area contributed by atoms with Gasteiger partial charge in [-0.1, -0.05) is 0 Å². The summed E-state index contributed by atoms with van der Waals surface area (Å²) >= 11 is 9.27. The minimum absolute atomic E-state index is 0.165. The van der Waals surface area contributed by atoms with E-state index in [2.05, 4.69) is 22.2 Å². The molecule has 0 fully saturated rings. The average Bonchev–Trinajstić information content (AvgIpc) is 2.43. The molecule has 0 spiro atoms. The average molecular weight is 525 g/mol. The Labute approximate surface area is 162 Å². The van der Waals surface area contributed by atoms with Gasteiger partial charge in [0.1, 0.15) is 0 Å². The van der Waals surface area contributed by atoms with Crippen LogP contribution in [0, 0.1) is 0 Å². The molecule has 0 radical (unpaired) electrons. The molecule has 0 saturated heterocycles. The van der Waals surface area contributed by atoms with Crippen LogP contribution in [0.3, 0.4) is 0 Å². The van der Waals surface area contributed by atoms with E-state index < -0.39 is 67.3 Å². The van der Waals surface area contributed by atoms with Gasteiger partial charge in [0.25, 0.3) is 0 Å². The lowest BCUT2D eigenvalue weighted by Crippen LogP contribution is -2.73. The molecule has 0 unspecified atom stereocenters. The predicted molar refractivity (Wildman–Crippen MR) is 72.9 cm³/mol. The first kappa shape index (κ1) is 28.7. The van der Waals surface area contributed by atoms with E-state index in [4.69, 9.17) is 0 Å². The van der Waals surface area contributed by atoms with Crippen LogP contribution in [0.5, 0.6) is 0 Å². The van der Waals surface area contributed by atoms with Crippen LogP contribution in [-0.2, 0) is 0 Å². The zero-order valence-corrected chi connectivity index (χ0v) is 16.1. The Morgan fingerprint density at radius 2 is 0.897 bits per heavy atom. The third kappa shape index (κ3) is 4.82. The maximum absolute atomic E-state index is 13.5. The van der Waals surface area contributed by atoms with Crippen LogP contribution in [-0.4, -0.2) is 48.0 Å². The largest absolute Gasteiger partial charge is 0.389 e. The van der Waals surface area contributed by atoms with E-state index in [-0.39, 0.29) is 6.55 Å². The van der Waals surface area contributed by atoms with Gasteiger partial charge in [-0.15, -0.1) is 22.2 Å². The second-order valence-corrected chi connectivity index (χ2v) is 13.5. The Morgan fingerprint density at radius 3 is 1.21 bits per heavy atom. The van der Waals surface area contributed by atoms with Gasteiger partial charge in [-0.05, 0) is 13.0 Å². The summed E-state index contributed by atoms with van der Waals surface area (Å²) in [6.07, 6.45) is -12.3. The summed E-state index contributed by atoms with van der Waals surface area (Å²) in [5.41, 5.74) is -6.42. The van der Waals surface area contributed by atoms with Crippen molar-refractivity contribution in [3.63, 3.8) is 0 Å². The summed E-state index contributed by atoms with van der Waals surface area (Å²) < 4.78 is 197. The minimum Gasteiger partial charge on any atom is -0.201 e. The van der Waals surface area contributed by atoms with E-state index >= 15 is 0 Å². The lowest BCUT2D eigenvalue weighted by molar-refractivity contribution is -0.418. The molecule has 0 heterocycles. The summed E-state index contributed by atoms with van der Waals surface area (Å²) in [5.74, 6) is -37.0. The van der Waals surface area contributed by atoms with Crippen LogP contribution in [0.2, 0.25) is 6.55 Å². The number of rotatable bonds is 9. The quantitative estimate of drug-likeness (QED) is 0.165. The standard InChI is InChI=1S/C11H9Cl2F15Si/c1-29(12,13)11(27,28)10(25,26)9(23,24)8(21,22)7(19,20)5(14,15)3-2-4-6(16,17)18/h2-4H2,1H3. The molecule has 0 aromatic carbocycles. The normalized spacial score (nSPS) is 16.3. The molecular weight excluding hydrogens is 516 g/mol. The molecule has 0 aliphatic carbocycles. The molecule has 0 nitrogen and oxygen atoms in total. The van der Waals surface area contributed by atoms with Crippen molar-refractivity contribution >= 4 is 28.9 Å². The summed E-state index contributed by atoms with van der Waals surface area (Å²) in [6.45, 7) is -6.03. The first-order valence-electron chi connectivity index (χ1n) is 6.92. The van der Waals surface area contributed by atoms with Gasteiger partial charge in [-0.2, -0.15) is 57.1 Å². The van der Waals surface area contributed by atoms with Gasteiger partial charge in [0, 0.05) is 12.8 Å². The third-order valence-electron chi connectivity index (χ3n) is 3.54. The fraction of sp³-hybridized carbons (Fsp3) is 1.00. The fourth-order valence-corrected chi connectivity index (χ4v) is 3.19. The van der Waals surface area contributed by atoms with Crippen LogP contribution >= 0.6 is 22.2 Å². The molecule has 18 heteroatoms. The maximum atomic E-state index is 13.5. The smallest absolute Gasteiger partial charge is 0.201 e. The Bertz CT molecular complexity index is 578. The predicted octanol–water partition coefficient (Wildman–Crippen LogP) is 7.62. The lowest BCUT2D eigenvalue weighted by Gasteiger charge is -2.42. The van der Waals surface area contributed by atoms with Crippen molar-refractivity contribution in [2.24, 2.45) is 0 Å². The highest BCUT2D eigenvalue weighted by atomic mass is 35.7. The molecule has 0 saturated carbocycles. The highest BCUT2D eigenvalue weighted by molar-refractivity contribution is 7.46. The SMILES string of the molecule is C[Si](Cl)(Cl)C(F)(F)C(F)(F)C(F)(F)C(F)(F)C(F)(F)C(F)(F)CCCC(F)(F)F. The highest BCUT2D eigenvalue weighted by Crippen LogP contribution is 2.62. The Balaban J connectivity index is 6.16. The van der Waals surface area contributed by atoms with E-state index in [1.165, 1.54) is 0 Å². The summed E-state index contributed by atoms with van der Waals surface area (Å²) in [7, 11) is 0. The number of hydrogen-bond acceptors (Lipinski definition) is 0. The van der Waals surface area contributed by atoms with Crippen molar-refractivity contribution < 1.29 is 65.9 Å².